The van der Waals surface area contributed by atoms with Gasteiger partial charge in [-0.1, -0.05) is 30.3 Å². The molecule has 0 bridgehead atoms. The van der Waals surface area contributed by atoms with Crippen LogP contribution in [0.25, 0.3) is 0 Å². The average Bonchev–Trinajstić information content (AvgIpc) is 3.54. The molecule has 128 valence electrons. The molecule has 0 radical (unpaired) electrons. The molecule has 1 heterocycles. The summed E-state index contributed by atoms with van der Waals surface area (Å²) in [5.41, 5.74) is -0.432. The van der Waals surface area contributed by atoms with Crippen molar-refractivity contribution in [1.29, 1.82) is 0 Å². The van der Waals surface area contributed by atoms with Crippen LogP contribution in [0.1, 0.15) is 36.7 Å². The van der Waals surface area contributed by atoms with Crippen LogP contribution in [-0.4, -0.2) is 27.0 Å². The van der Waals surface area contributed by atoms with Crippen molar-refractivity contribution in [2.75, 3.05) is 0 Å². The Morgan fingerprint density at radius 2 is 1.80 bits per heavy atom. The monoisotopic (exact) mass is 337 g/mol. The van der Waals surface area contributed by atoms with Crippen LogP contribution in [0.5, 0.6) is 0 Å². The Balaban J connectivity index is 1.54. The van der Waals surface area contributed by atoms with E-state index in [4.69, 9.17) is 0 Å². The Labute approximate surface area is 145 Å². The lowest BCUT2D eigenvalue weighted by atomic mass is 9.93. The number of carboxylic acids is 1. The van der Waals surface area contributed by atoms with Gasteiger partial charge in [-0.15, -0.1) is 0 Å². The number of carboxylic acid groups (broad SMARTS) is 1. The van der Waals surface area contributed by atoms with Crippen LogP contribution in [0.15, 0.2) is 48.8 Å². The van der Waals surface area contributed by atoms with E-state index < -0.39 is 17.3 Å². The SMILES string of the molecule is O=C(NC(c1ncccn1)C1CC1)[C@H]1C[C@]1(C(=O)O)c1ccccc1. The zero-order chi connectivity index (χ0) is 17.4. The average molecular weight is 337 g/mol. The Morgan fingerprint density at radius 3 is 2.40 bits per heavy atom. The minimum Gasteiger partial charge on any atom is -0.481 e. The highest BCUT2D eigenvalue weighted by molar-refractivity contribution is 5.97. The molecule has 1 unspecified atom stereocenters. The van der Waals surface area contributed by atoms with Crippen LogP contribution in [0.4, 0.5) is 0 Å². The second-order valence-corrected chi connectivity index (χ2v) is 6.83. The van der Waals surface area contributed by atoms with E-state index in [1.807, 2.05) is 6.07 Å². The van der Waals surface area contributed by atoms with Crippen LogP contribution < -0.4 is 5.32 Å². The maximum absolute atomic E-state index is 12.8. The molecule has 6 nitrogen and oxygen atoms in total. The zero-order valence-electron chi connectivity index (χ0n) is 13.6. The van der Waals surface area contributed by atoms with Crippen molar-refractivity contribution in [3.8, 4) is 0 Å². The van der Waals surface area contributed by atoms with E-state index >= 15 is 0 Å². The molecule has 0 saturated heterocycles. The summed E-state index contributed by atoms with van der Waals surface area (Å²) in [6, 6.07) is 10.5. The third kappa shape index (κ3) is 2.77. The van der Waals surface area contributed by atoms with Crippen molar-refractivity contribution in [3.05, 3.63) is 60.2 Å². The zero-order valence-corrected chi connectivity index (χ0v) is 13.6. The molecular weight excluding hydrogens is 318 g/mol. The lowest BCUT2D eigenvalue weighted by Crippen LogP contribution is -2.36. The smallest absolute Gasteiger partial charge is 0.314 e. The quantitative estimate of drug-likeness (QED) is 0.842. The molecule has 2 aromatic rings. The predicted octanol–water partition coefficient (Wildman–Crippen LogP) is 2.09. The molecule has 1 amide bonds. The molecule has 4 rings (SSSR count). The molecule has 2 aliphatic rings. The first-order chi connectivity index (χ1) is 12.1. The summed E-state index contributed by atoms with van der Waals surface area (Å²) < 4.78 is 0. The molecule has 1 aromatic carbocycles. The van der Waals surface area contributed by atoms with Crippen molar-refractivity contribution in [3.63, 3.8) is 0 Å². The maximum atomic E-state index is 12.8. The summed E-state index contributed by atoms with van der Waals surface area (Å²) >= 11 is 0. The minimum absolute atomic E-state index is 0.226. The van der Waals surface area contributed by atoms with Gasteiger partial charge in [-0.3, -0.25) is 9.59 Å². The van der Waals surface area contributed by atoms with Gasteiger partial charge >= 0.3 is 5.97 Å². The van der Waals surface area contributed by atoms with Crippen LogP contribution in [-0.2, 0) is 15.0 Å². The Morgan fingerprint density at radius 1 is 1.12 bits per heavy atom. The molecule has 0 spiro atoms. The van der Waals surface area contributed by atoms with Crippen molar-refractivity contribution < 1.29 is 14.7 Å². The highest BCUT2D eigenvalue weighted by Crippen LogP contribution is 2.55. The fraction of sp³-hybridized carbons (Fsp3) is 0.368. The van der Waals surface area contributed by atoms with Crippen molar-refractivity contribution in [2.24, 2.45) is 11.8 Å². The topological polar surface area (TPSA) is 92.2 Å². The molecule has 25 heavy (non-hydrogen) atoms. The molecule has 6 heteroatoms. The molecule has 0 aliphatic heterocycles. The van der Waals surface area contributed by atoms with Gasteiger partial charge in [0.2, 0.25) is 5.91 Å². The van der Waals surface area contributed by atoms with Gasteiger partial charge in [0.1, 0.15) is 5.41 Å². The number of aliphatic carboxylic acids is 1. The lowest BCUT2D eigenvalue weighted by Gasteiger charge is -2.18. The summed E-state index contributed by atoms with van der Waals surface area (Å²) in [7, 11) is 0. The summed E-state index contributed by atoms with van der Waals surface area (Å²) in [5, 5.41) is 12.8. The largest absolute Gasteiger partial charge is 0.481 e. The second kappa shape index (κ2) is 5.95. The van der Waals surface area contributed by atoms with E-state index in [1.54, 1.807) is 42.7 Å². The molecule has 2 saturated carbocycles. The molecule has 2 fully saturated rings. The van der Waals surface area contributed by atoms with Gasteiger partial charge in [-0.25, -0.2) is 9.97 Å². The Bertz CT molecular complexity index is 792. The van der Waals surface area contributed by atoms with E-state index in [9.17, 15) is 14.7 Å². The van der Waals surface area contributed by atoms with Crippen LogP contribution >= 0.6 is 0 Å². The first kappa shape index (κ1) is 15.7. The van der Waals surface area contributed by atoms with Crippen LogP contribution in [0, 0.1) is 11.8 Å². The standard InChI is InChI=1S/C19H19N3O3/c23-17(22-15(12-7-8-12)16-20-9-4-10-21-16)14-11-19(14,18(24)25)13-5-2-1-3-6-13/h1-6,9-10,12,14-15H,7-8,11H2,(H,22,23)(H,24,25)/t14-,15?,19+/m1/s1. The van der Waals surface area contributed by atoms with Gasteiger partial charge in [0.05, 0.1) is 12.0 Å². The van der Waals surface area contributed by atoms with E-state index in [-0.39, 0.29) is 11.9 Å². The Kier molecular flexibility index (Phi) is 3.75. The summed E-state index contributed by atoms with van der Waals surface area (Å²) in [6.07, 6.45) is 5.69. The number of carbonyl (C=O) groups is 2. The summed E-state index contributed by atoms with van der Waals surface area (Å²) in [6.45, 7) is 0. The number of hydrogen-bond acceptors (Lipinski definition) is 4. The fourth-order valence-electron chi connectivity index (χ4n) is 3.54. The van der Waals surface area contributed by atoms with Gasteiger partial charge < -0.3 is 10.4 Å². The van der Waals surface area contributed by atoms with Gasteiger partial charge in [-0.05, 0) is 36.8 Å². The minimum atomic E-state index is -1.11. The first-order valence-corrected chi connectivity index (χ1v) is 8.49. The van der Waals surface area contributed by atoms with Crippen molar-refractivity contribution >= 4 is 11.9 Å². The van der Waals surface area contributed by atoms with E-state index in [0.717, 1.165) is 12.8 Å². The van der Waals surface area contributed by atoms with Crippen LogP contribution in [0.2, 0.25) is 0 Å². The van der Waals surface area contributed by atoms with Gasteiger partial charge in [0, 0.05) is 12.4 Å². The number of hydrogen-bond donors (Lipinski definition) is 2. The summed E-state index contributed by atoms with van der Waals surface area (Å²) in [5.74, 6) is -0.800. The van der Waals surface area contributed by atoms with E-state index in [1.165, 1.54) is 0 Å². The highest BCUT2D eigenvalue weighted by atomic mass is 16.4. The fourth-order valence-corrected chi connectivity index (χ4v) is 3.54. The predicted molar refractivity (Wildman–Crippen MR) is 89.5 cm³/mol. The van der Waals surface area contributed by atoms with Gasteiger partial charge in [-0.2, -0.15) is 0 Å². The maximum Gasteiger partial charge on any atom is 0.314 e. The first-order valence-electron chi connectivity index (χ1n) is 8.49. The van der Waals surface area contributed by atoms with Crippen molar-refractivity contribution in [1.82, 2.24) is 15.3 Å². The molecule has 3 atom stereocenters. The second-order valence-electron chi connectivity index (χ2n) is 6.83. The lowest BCUT2D eigenvalue weighted by molar-refractivity contribution is -0.142. The number of carbonyl (C=O) groups excluding carboxylic acids is 1. The van der Waals surface area contributed by atoms with Crippen molar-refractivity contribution in [2.45, 2.75) is 30.7 Å². The Hall–Kier alpha value is -2.76. The summed E-state index contributed by atoms with van der Waals surface area (Å²) in [4.78, 5) is 33.2. The molecule has 1 aromatic heterocycles. The van der Waals surface area contributed by atoms with Gasteiger partial charge in [0.15, 0.2) is 5.82 Å². The van der Waals surface area contributed by atoms with Gasteiger partial charge in [0.25, 0.3) is 0 Å². The third-order valence-corrected chi connectivity index (χ3v) is 5.20. The number of nitrogens with zero attached hydrogens (tertiary/aromatic N) is 2. The number of benzene rings is 1. The van der Waals surface area contributed by atoms with E-state index in [0.29, 0.717) is 23.7 Å². The number of aromatic nitrogens is 2. The number of amides is 1. The van der Waals surface area contributed by atoms with Crippen LogP contribution in [0.3, 0.4) is 0 Å². The molecular formula is C19H19N3O3. The third-order valence-electron chi connectivity index (χ3n) is 5.20. The number of nitrogens with one attached hydrogen (secondary N) is 1. The molecule has 2 N–H and O–H groups in total. The highest BCUT2D eigenvalue weighted by Gasteiger charge is 2.65. The molecule has 2 aliphatic carbocycles. The van der Waals surface area contributed by atoms with E-state index in [2.05, 4.69) is 15.3 Å². The normalized spacial score (nSPS) is 25.8. The number of rotatable bonds is 6.